The number of rotatable bonds is 5. The van der Waals surface area contributed by atoms with Crippen LogP contribution in [0.4, 0.5) is 0 Å². The summed E-state index contributed by atoms with van der Waals surface area (Å²) in [6, 6.07) is 4.84. The Bertz CT molecular complexity index is 526. The van der Waals surface area contributed by atoms with E-state index in [1.54, 1.807) is 12.1 Å². The molecule has 1 saturated carbocycles. The van der Waals surface area contributed by atoms with Crippen molar-refractivity contribution in [3.63, 3.8) is 0 Å². The molecular weight excluding hydrogens is 338 g/mol. The molecule has 6 heteroatoms. The maximum absolute atomic E-state index is 11.9. The first-order valence-corrected chi connectivity index (χ1v) is 7.80. The zero-order chi connectivity index (χ0) is 15.2. The molecule has 0 radical (unpaired) electrons. The van der Waals surface area contributed by atoms with Crippen LogP contribution in [0.5, 0.6) is 5.75 Å². The van der Waals surface area contributed by atoms with Gasteiger partial charge in [0.25, 0.3) is 5.91 Å². The summed E-state index contributed by atoms with van der Waals surface area (Å²) >= 11 is 3.26. The average molecular weight is 356 g/mol. The highest BCUT2D eigenvalue weighted by atomic mass is 79.9. The van der Waals surface area contributed by atoms with Crippen molar-refractivity contribution in [3.8, 4) is 5.75 Å². The summed E-state index contributed by atoms with van der Waals surface area (Å²) in [5.41, 5.74) is 0.0451. The van der Waals surface area contributed by atoms with Gasteiger partial charge in [-0.3, -0.25) is 4.79 Å². The molecule has 0 aliphatic heterocycles. The highest BCUT2D eigenvalue weighted by molar-refractivity contribution is 9.10. The van der Waals surface area contributed by atoms with E-state index in [1.165, 1.54) is 12.5 Å². The predicted octanol–water partition coefficient (Wildman–Crippen LogP) is 2.98. The van der Waals surface area contributed by atoms with E-state index in [0.29, 0.717) is 4.47 Å². The van der Waals surface area contributed by atoms with Crippen LogP contribution in [-0.2, 0) is 4.79 Å². The van der Waals surface area contributed by atoms with Gasteiger partial charge >= 0.3 is 5.97 Å². The molecule has 1 aromatic rings. The lowest BCUT2D eigenvalue weighted by Crippen LogP contribution is -2.39. The van der Waals surface area contributed by atoms with Gasteiger partial charge in [0.2, 0.25) is 0 Å². The number of carboxylic acids is 1. The first kappa shape index (κ1) is 15.8. The Labute approximate surface area is 131 Å². The monoisotopic (exact) mass is 355 g/mol. The highest BCUT2D eigenvalue weighted by Gasteiger charge is 2.17. The van der Waals surface area contributed by atoms with E-state index in [1.807, 2.05) is 0 Å². The second kappa shape index (κ2) is 7.45. The molecule has 2 rings (SSSR count). The van der Waals surface area contributed by atoms with Gasteiger partial charge in [0, 0.05) is 10.5 Å². The van der Waals surface area contributed by atoms with Gasteiger partial charge in [-0.15, -0.1) is 0 Å². The zero-order valence-corrected chi connectivity index (χ0v) is 13.2. The number of aromatic carboxylic acids is 1. The largest absolute Gasteiger partial charge is 0.483 e. The number of halogens is 1. The number of carboxylic acid groups (broad SMARTS) is 1. The van der Waals surface area contributed by atoms with Crippen LogP contribution in [0.3, 0.4) is 0 Å². The fourth-order valence-corrected chi connectivity index (χ4v) is 2.79. The number of carbonyl (C=O) groups excluding carboxylic acids is 1. The van der Waals surface area contributed by atoms with Crippen LogP contribution in [-0.4, -0.2) is 29.6 Å². The van der Waals surface area contributed by atoms with Crippen LogP contribution >= 0.6 is 15.9 Å². The molecule has 1 fully saturated rings. The minimum atomic E-state index is -1.08. The third-order valence-electron chi connectivity index (χ3n) is 3.50. The van der Waals surface area contributed by atoms with Gasteiger partial charge in [-0.2, -0.15) is 0 Å². The van der Waals surface area contributed by atoms with Crippen LogP contribution in [0.15, 0.2) is 22.7 Å². The molecular formula is C15H18BrNO4. The average Bonchev–Trinajstić information content (AvgIpc) is 2.46. The van der Waals surface area contributed by atoms with Crippen LogP contribution < -0.4 is 10.1 Å². The van der Waals surface area contributed by atoms with Gasteiger partial charge in [0.05, 0.1) is 0 Å². The number of amides is 1. The van der Waals surface area contributed by atoms with E-state index in [0.717, 1.165) is 25.7 Å². The minimum Gasteiger partial charge on any atom is -0.483 e. The van der Waals surface area contributed by atoms with Crippen molar-refractivity contribution in [2.75, 3.05) is 6.61 Å². The molecule has 1 aliphatic carbocycles. The SMILES string of the molecule is O=C(COc1cc(Br)ccc1C(=O)O)NC1CCCCC1. The smallest absolute Gasteiger partial charge is 0.339 e. The Balaban J connectivity index is 1.91. The minimum absolute atomic E-state index is 0.0451. The maximum Gasteiger partial charge on any atom is 0.339 e. The zero-order valence-electron chi connectivity index (χ0n) is 11.6. The van der Waals surface area contributed by atoms with Gasteiger partial charge < -0.3 is 15.2 Å². The van der Waals surface area contributed by atoms with E-state index in [9.17, 15) is 9.59 Å². The lowest BCUT2D eigenvalue weighted by Gasteiger charge is -2.22. The molecule has 1 amide bonds. The standard InChI is InChI=1S/C15H18BrNO4/c16-10-6-7-12(15(19)20)13(8-10)21-9-14(18)17-11-4-2-1-3-5-11/h6-8,11H,1-5,9H2,(H,17,18)(H,19,20). The van der Waals surface area contributed by atoms with Crippen molar-refractivity contribution < 1.29 is 19.4 Å². The van der Waals surface area contributed by atoms with Crippen molar-refractivity contribution in [2.24, 2.45) is 0 Å². The molecule has 0 saturated heterocycles. The van der Waals surface area contributed by atoms with Crippen LogP contribution in [0.1, 0.15) is 42.5 Å². The normalized spacial score (nSPS) is 15.5. The fourth-order valence-electron chi connectivity index (χ4n) is 2.45. The van der Waals surface area contributed by atoms with Gasteiger partial charge in [-0.1, -0.05) is 35.2 Å². The Morgan fingerprint density at radius 3 is 2.67 bits per heavy atom. The highest BCUT2D eigenvalue weighted by Crippen LogP contribution is 2.24. The molecule has 0 unspecified atom stereocenters. The Morgan fingerprint density at radius 1 is 1.29 bits per heavy atom. The summed E-state index contributed by atoms with van der Waals surface area (Å²) in [7, 11) is 0. The van der Waals surface area contributed by atoms with E-state index >= 15 is 0 Å². The van der Waals surface area contributed by atoms with Gasteiger partial charge in [0.1, 0.15) is 11.3 Å². The van der Waals surface area contributed by atoms with Crippen LogP contribution in [0.2, 0.25) is 0 Å². The fraction of sp³-hybridized carbons (Fsp3) is 0.467. The van der Waals surface area contributed by atoms with Crippen molar-refractivity contribution in [3.05, 3.63) is 28.2 Å². The van der Waals surface area contributed by atoms with Crippen molar-refractivity contribution >= 4 is 27.8 Å². The Hall–Kier alpha value is -1.56. The second-order valence-electron chi connectivity index (χ2n) is 5.14. The van der Waals surface area contributed by atoms with Crippen molar-refractivity contribution in [1.82, 2.24) is 5.32 Å². The number of ether oxygens (including phenoxy) is 1. The van der Waals surface area contributed by atoms with Crippen molar-refractivity contribution in [1.29, 1.82) is 0 Å². The van der Waals surface area contributed by atoms with E-state index in [4.69, 9.17) is 9.84 Å². The first-order chi connectivity index (χ1) is 10.1. The Morgan fingerprint density at radius 2 is 2.00 bits per heavy atom. The summed E-state index contributed by atoms with van der Waals surface area (Å²) in [5.74, 6) is -1.10. The lowest BCUT2D eigenvalue weighted by molar-refractivity contribution is -0.124. The van der Waals surface area contributed by atoms with E-state index < -0.39 is 5.97 Å². The summed E-state index contributed by atoms with van der Waals surface area (Å²) < 4.78 is 6.06. The van der Waals surface area contributed by atoms with E-state index in [-0.39, 0.29) is 29.9 Å². The predicted molar refractivity (Wildman–Crippen MR) is 81.6 cm³/mol. The molecule has 1 aliphatic rings. The van der Waals surface area contributed by atoms with Crippen LogP contribution in [0.25, 0.3) is 0 Å². The molecule has 0 heterocycles. The molecule has 0 bridgehead atoms. The number of hydrogen-bond donors (Lipinski definition) is 2. The summed E-state index contributed by atoms with van der Waals surface area (Å²) in [4.78, 5) is 23.0. The number of carbonyl (C=O) groups is 2. The summed E-state index contributed by atoms with van der Waals surface area (Å²) in [5, 5.41) is 12.0. The van der Waals surface area contributed by atoms with E-state index in [2.05, 4.69) is 21.2 Å². The van der Waals surface area contributed by atoms with Crippen LogP contribution in [0, 0.1) is 0 Å². The second-order valence-corrected chi connectivity index (χ2v) is 6.05. The molecule has 5 nitrogen and oxygen atoms in total. The lowest BCUT2D eigenvalue weighted by atomic mass is 9.95. The molecule has 0 aromatic heterocycles. The molecule has 114 valence electrons. The third-order valence-corrected chi connectivity index (χ3v) is 4.00. The maximum atomic E-state index is 11.9. The first-order valence-electron chi connectivity index (χ1n) is 7.01. The third kappa shape index (κ3) is 4.74. The molecule has 2 N–H and O–H groups in total. The molecule has 1 aromatic carbocycles. The number of nitrogens with one attached hydrogen (secondary N) is 1. The quantitative estimate of drug-likeness (QED) is 0.851. The summed E-state index contributed by atoms with van der Waals surface area (Å²) in [6.07, 6.45) is 5.51. The summed E-state index contributed by atoms with van der Waals surface area (Å²) in [6.45, 7) is -0.173. The Kier molecular flexibility index (Phi) is 5.61. The number of benzene rings is 1. The molecule has 0 atom stereocenters. The molecule has 21 heavy (non-hydrogen) atoms. The van der Waals surface area contributed by atoms with Gasteiger partial charge in [0.15, 0.2) is 6.61 Å². The van der Waals surface area contributed by atoms with Gasteiger partial charge in [-0.25, -0.2) is 4.79 Å². The number of hydrogen-bond acceptors (Lipinski definition) is 3. The molecule has 0 spiro atoms. The van der Waals surface area contributed by atoms with Gasteiger partial charge in [-0.05, 0) is 31.0 Å². The van der Waals surface area contributed by atoms with Crippen molar-refractivity contribution in [2.45, 2.75) is 38.1 Å². The topological polar surface area (TPSA) is 75.6 Å².